The van der Waals surface area contributed by atoms with Crippen LogP contribution in [0.15, 0.2) is 24.3 Å². The van der Waals surface area contributed by atoms with Crippen LogP contribution in [-0.2, 0) is 0 Å². The van der Waals surface area contributed by atoms with Crippen LogP contribution >= 0.6 is 0 Å². The molecule has 0 amide bonds. The molecule has 0 saturated carbocycles. The number of nitrogens with two attached hydrogens (primary N) is 1. The second-order valence-corrected chi connectivity index (χ2v) is 5.91. The van der Waals surface area contributed by atoms with E-state index in [0.717, 1.165) is 0 Å². The smallest absolute Gasteiger partial charge is 0.0266 e. The SMILES string of the molecule is Cc1c(C)c(C)c(-c2ccc(C(C)N)cc2)c(C)c1C. The monoisotopic (exact) mass is 267 g/mol. The van der Waals surface area contributed by atoms with Gasteiger partial charge in [0.25, 0.3) is 0 Å². The molecule has 0 spiro atoms. The minimum atomic E-state index is 0.0905. The third-order valence-corrected chi connectivity index (χ3v) is 4.73. The van der Waals surface area contributed by atoms with Crippen LogP contribution in [0.3, 0.4) is 0 Å². The van der Waals surface area contributed by atoms with Gasteiger partial charge in [0, 0.05) is 6.04 Å². The standard InChI is InChI=1S/C19H25N/c1-11-12(2)14(4)19(15(5)13(11)3)18-9-7-17(8-10-18)16(6)20/h7-10,16H,20H2,1-6H3. The topological polar surface area (TPSA) is 26.0 Å². The molecule has 0 aliphatic heterocycles. The van der Waals surface area contributed by atoms with Crippen LogP contribution in [0.1, 0.15) is 46.3 Å². The maximum Gasteiger partial charge on any atom is 0.0266 e. The van der Waals surface area contributed by atoms with Crippen molar-refractivity contribution in [3.8, 4) is 11.1 Å². The fraction of sp³-hybridized carbons (Fsp3) is 0.368. The van der Waals surface area contributed by atoms with Crippen molar-refractivity contribution in [1.82, 2.24) is 0 Å². The van der Waals surface area contributed by atoms with Crippen LogP contribution in [0.5, 0.6) is 0 Å². The molecule has 2 N–H and O–H groups in total. The number of hydrogen-bond donors (Lipinski definition) is 1. The zero-order valence-corrected chi connectivity index (χ0v) is 13.5. The van der Waals surface area contributed by atoms with Gasteiger partial charge in [0.2, 0.25) is 0 Å². The highest BCUT2D eigenvalue weighted by Crippen LogP contribution is 2.34. The van der Waals surface area contributed by atoms with Gasteiger partial charge in [0.15, 0.2) is 0 Å². The molecule has 1 heteroatoms. The second-order valence-electron chi connectivity index (χ2n) is 5.91. The summed E-state index contributed by atoms with van der Waals surface area (Å²) in [6, 6.07) is 8.77. The molecule has 1 unspecified atom stereocenters. The van der Waals surface area contributed by atoms with E-state index in [0.29, 0.717) is 0 Å². The van der Waals surface area contributed by atoms with Crippen molar-refractivity contribution in [1.29, 1.82) is 0 Å². The molecule has 20 heavy (non-hydrogen) atoms. The van der Waals surface area contributed by atoms with Crippen molar-refractivity contribution < 1.29 is 0 Å². The summed E-state index contributed by atoms with van der Waals surface area (Å²) < 4.78 is 0. The van der Waals surface area contributed by atoms with E-state index in [1.54, 1.807) is 0 Å². The van der Waals surface area contributed by atoms with E-state index in [9.17, 15) is 0 Å². The Hall–Kier alpha value is -1.60. The Kier molecular flexibility index (Phi) is 4.01. The lowest BCUT2D eigenvalue weighted by atomic mass is 9.86. The largest absolute Gasteiger partial charge is 0.324 e. The minimum absolute atomic E-state index is 0.0905. The zero-order valence-electron chi connectivity index (χ0n) is 13.5. The molecule has 1 atom stereocenters. The fourth-order valence-corrected chi connectivity index (χ4v) is 2.89. The van der Waals surface area contributed by atoms with Crippen LogP contribution in [-0.4, -0.2) is 0 Å². The maximum atomic E-state index is 5.93. The van der Waals surface area contributed by atoms with Crippen molar-refractivity contribution >= 4 is 0 Å². The number of hydrogen-bond acceptors (Lipinski definition) is 1. The Morgan fingerprint density at radius 1 is 0.700 bits per heavy atom. The summed E-state index contributed by atoms with van der Waals surface area (Å²) in [7, 11) is 0. The maximum absolute atomic E-state index is 5.93. The highest BCUT2D eigenvalue weighted by Gasteiger charge is 2.13. The van der Waals surface area contributed by atoms with Gasteiger partial charge in [-0.05, 0) is 86.1 Å². The van der Waals surface area contributed by atoms with Gasteiger partial charge in [-0.15, -0.1) is 0 Å². The Morgan fingerprint density at radius 2 is 1.10 bits per heavy atom. The zero-order chi connectivity index (χ0) is 15.0. The molecule has 2 rings (SSSR count). The summed E-state index contributed by atoms with van der Waals surface area (Å²) in [6.45, 7) is 13.1. The molecule has 0 aromatic heterocycles. The number of benzene rings is 2. The molecule has 0 aliphatic rings. The van der Waals surface area contributed by atoms with Gasteiger partial charge in [-0.2, -0.15) is 0 Å². The van der Waals surface area contributed by atoms with Gasteiger partial charge in [0.1, 0.15) is 0 Å². The van der Waals surface area contributed by atoms with E-state index in [4.69, 9.17) is 5.73 Å². The lowest BCUT2D eigenvalue weighted by Gasteiger charge is -2.19. The number of rotatable bonds is 2. The average molecular weight is 267 g/mol. The van der Waals surface area contributed by atoms with Gasteiger partial charge in [0.05, 0.1) is 0 Å². The first-order chi connectivity index (χ1) is 9.34. The van der Waals surface area contributed by atoms with E-state index < -0.39 is 0 Å². The molecule has 0 fully saturated rings. The van der Waals surface area contributed by atoms with Gasteiger partial charge in [-0.3, -0.25) is 0 Å². The Labute approximate surface area is 122 Å². The first-order valence-corrected chi connectivity index (χ1v) is 7.27. The quantitative estimate of drug-likeness (QED) is 0.821. The van der Waals surface area contributed by atoms with Gasteiger partial charge in [-0.1, -0.05) is 24.3 Å². The normalized spacial score (nSPS) is 12.6. The van der Waals surface area contributed by atoms with Gasteiger partial charge >= 0.3 is 0 Å². The Morgan fingerprint density at radius 3 is 1.50 bits per heavy atom. The molecule has 0 radical (unpaired) electrons. The summed E-state index contributed by atoms with van der Waals surface area (Å²) >= 11 is 0. The third kappa shape index (κ3) is 2.38. The summed E-state index contributed by atoms with van der Waals surface area (Å²) in [4.78, 5) is 0. The molecule has 0 saturated heterocycles. The van der Waals surface area contributed by atoms with Crippen molar-refractivity contribution in [3.63, 3.8) is 0 Å². The van der Waals surface area contributed by atoms with E-state index in [-0.39, 0.29) is 6.04 Å². The van der Waals surface area contributed by atoms with Crippen molar-refractivity contribution in [3.05, 3.63) is 57.6 Å². The third-order valence-electron chi connectivity index (χ3n) is 4.73. The van der Waals surface area contributed by atoms with Crippen LogP contribution in [0.4, 0.5) is 0 Å². The predicted octanol–water partition coefficient (Wildman–Crippen LogP) is 4.92. The van der Waals surface area contributed by atoms with Crippen molar-refractivity contribution in [2.75, 3.05) is 0 Å². The summed E-state index contributed by atoms with van der Waals surface area (Å²) in [5.74, 6) is 0. The van der Waals surface area contributed by atoms with E-state index in [2.05, 4.69) is 58.9 Å². The van der Waals surface area contributed by atoms with Crippen LogP contribution in [0.25, 0.3) is 11.1 Å². The Balaban J connectivity index is 2.64. The first kappa shape index (κ1) is 14.8. The summed E-state index contributed by atoms with van der Waals surface area (Å²) in [6.07, 6.45) is 0. The summed E-state index contributed by atoms with van der Waals surface area (Å²) in [5, 5.41) is 0. The molecular weight excluding hydrogens is 242 g/mol. The fourth-order valence-electron chi connectivity index (χ4n) is 2.89. The van der Waals surface area contributed by atoms with E-state index in [1.807, 2.05) is 6.92 Å². The molecule has 2 aromatic rings. The molecule has 0 aliphatic carbocycles. The summed E-state index contributed by atoms with van der Waals surface area (Å²) in [5.41, 5.74) is 16.8. The van der Waals surface area contributed by atoms with Crippen molar-refractivity contribution in [2.45, 2.75) is 47.6 Å². The first-order valence-electron chi connectivity index (χ1n) is 7.27. The van der Waals surface area contributed by atoms with Crippen LogP contribution in [0, 0.1) is 34.6 Å². The van der Waals surface area contributed by atoms with Crippen LogP contribution in [0.2, 0.25) is 0 Å². The van der Waals surface area contributed by atoms with E-state index >= 15 is 0 Å². The van der Waals surface area contributed by atoms with Crippen LogP contribution < -0.4 is 5.73 Å². The second kappa shape index (κ2) is 5.41. The van der Waals surface area contributed by atoms with E-state index in [1.165, 1.54) is 44.5 Å². The minimum Gasteiger partial charge on any atom is -0.324 e. The average Bonchev–Trinajstić information content (AvgIpc) is 2.44. The lowest BCUT2D eigenvalue weighted by molar-refractivity contribution is 0.818. The Bertz CT molecular complexity index is 605. The molecular formula is C19H25N. The highest BCUT2D eigenvalue weighted by molar-refractivity contribution is 5.74. The van der Waals surface area contributed by atoms with Crippen molar-refractivity contribution in [2.24, 2.45) is 5.73 Å². The molecule has 0 bridgehead atoms. The molecule has 2 aromatic carbocycles. The molecule has 1 nitrogen and oxygen atoms in total. The van der Waals surface area contributed by atoms with Gasteiger partial charge < -0.3 is 5.73 Å². The highest BCUT2D eigenvalue weighted by atomic mass is 14.6. The lowest BCUT2D eigenvalue weighted by Crippen LogP contribution is -2.04. The van der Waals surface area contributed by atoms with Gasteiger partial charge in [-0.25, -0.2) is 0 Å². The predicted molar refractivity (Wildman–Crippen MR) is 88.2 cm³/mol. The molecule has 106 valence electrons. The molecule has 0 heterocycles.